The molecule has 1 saturated heterocycles. The van der Waals surface area contributed by atoms with Gasteiger partial charge in [0.2, 0.25) is 0 Å². The third kappa shape index (κ3) is 1.68. The lowest BCUT2D eigenvalue weighted by molar-refractivity contribution is -0.0910. The standard InChI is InChI=1S/C13H18N2O2/c1-15-6-4-10-12(15)11-7-14-5-3-9(11)13(10)17-8-16-2/h3,5,7,10,12-13H,4,6,8H2,1-2H3/t10-,12+,13-/m1/s1. The fourth-order valence-corrected chi connectivity index (χ4v) is 3.27. The Balaban J connectivity index is 1.95. The van der Waals surface area contributed by atoms with E-state index in [9.17, 15) is 0 Å². The molecule has 1 aromatic heterocycles. The molecule has 17 heavy (non-hydrogen) atoms. The van der Waals surface area contributed by atoms with Gasteiger partial charge in [-0.1, -0.05) is 0 Å². The Hall–Kier alpha value is -0.970. The summed E-state index contributed by atoms with van der Waals surface area (Å²) in [6.45, 7) is 1.50. The summed E-state index contributed by atoms with van der Waals surface area (Å²) in [6, 6.07) is 2.56. The third-order valence-corrected chi connectivity index (χ3v) is 3.96. The lowest BCUT2D eigenvalue weighted by Crippen LogP contribution is -2.19. The van der Waals surface area contributed by atoms with Gasteiger partial charge < -0.3 is 9.47 Å². The Morgan fingerprint density at radius 2 is 2.35 bits per heavy atom. The predicted octanol–water partition coefficient (Wildman–Crippen LogP) is 1.75. The van der Waals surface area contributed by atoms with Crippen LogP contribution in [0, 0.1) is 5.92 Å². The maximum absolute atomic E-state index is 5.86. The summed E-state index contributed by atoms with van der Waals surface area (Å²) >= 11 is 0. The van der Waals surface area contributed by atoms with Gasteiger partial charge in [-0.05, 0) is 37.2 Å². The fourth-order valence-electron chi connectivity index (χ4n) is 3.27. The third-order valence-electron chi connectivity index (χ3n) is 3.96. The maximum Gasteiger partial charge on any atom is 0.147 e. The van der Waals surface area contributed by atoms with Crippen LogP contribution in [-0.4, -0.2) is 37.4 Å². The van der Waals surface area contributed by atoms with Crippen LogP contribution in [0.25, 0.3) is 0 Å². The van der Waals surface area contributed by atoms with Gasteiger partial charge in [-0.2, -0.15) is 0 Å². The minimum Gasteiger partial charge on any atom is -0.359 e. The summed E-state index contributed by atoms with van der Waals surface area (Å²) in [4.78, 5) is 6.66. The average Bonchev–Trinajstić information content (AvgIpc) is 2.86. The van der Waals surface area contributed by atoms with Crippen molar-refractivity contribution in [1.29, 1.82) is 0 Å². The molecule has 3 rings (SSSR count). The zero-order valence-electron chi connectivity index (χ0n) is 10.3. The smallest absolute Gasteiger partial charge is 0.147 e. The molecule has 0 bridgehead atoms. The number of methoxy groups -OCH3 is 1. The van der Waals surface area contributed by atoms with Crippen molar-refractivity contribution in [3.05, 3.63) is 29.6 Å². The van der Waals surface area contributed by atoms with E-state index in [1.807, 2.05) is 12.4 Å². The number of nitrogens with zero attached hydrogens (tertiary/aromatic N) is 2. The first-order valence-electron chi connectivity index (χ1n) is 6.07. The van der Waals surface area contributed by atoms with E-state index in [4.69, 9.17) is 9.47 Å². The number of rotatable bonds is 3. The van der Waals surface area contributed by atoms with E-state index >= 15 is 0 Å². The first-order valence-corrected chi connectivity index (χ1v) is 6.07. The van der Waals surface area contributed by atoms with Crippen LogP contribution in [0.4, 0.5) is 0 Å². The number of ether oxygens (including phenoxy) is 2. The minimum absolute atomic E-state index is 0.169. The van der Waals surface area contributed by atoms with Crippen LogP contribution >= 0.6 is 0 Å². The highest BCUT2D eigenvalue weighted by Gasteiger charge is 2.46. The molecule has 1 aromatic rings. The highest BCUT2D eigenvalue weighted by molar-refractivity contribution is 5.37. The largest absolute Gasteiger partial charge is 0.359 e. The molecule has 0 unspecified atom stereocenters. The first-order chi connectivity index (χ1) is 8.33. The van der Waals surface area contributed by atoms with Crippen molar-refractivity contribution in [2.75, 3.05) is 27.5 Å². The molecule has 92 valence electrons. The molecule has 0 spiro atoms. The molecular formula is C13H18N2O2. The number of pyridine rings is 1. The van der Waals surface area contributed by atoms with Crippen LogP contribution < -0.4 is 0 Å². The lowest BCUT2D eigenvalue weighted by Gasteiger charge is -2.21. The zero-order chi connectivity index (χ0) is 11.8. The summed E-state index contributed by atoms with van der Waals surface area (Å²) in [5.74, 6) is 0.550. The molecule has 4 nitrogen and oxygen atoms in total. The highest BCUT2D eigenvalue weighted by atomic mass is 16.7. The van der Waals surface area contributed by atoms with Gasteiger partial charge in [-0.25, -0.2) is 0 Å². The van der Waals surface area contributed by atoms with E-state index in [0.29, 0.717) is 18.8 Å². The number of hydrogen-bond donors (Lipinski definition) is 0. The van der Waals surface area contributed by atoms with Crippen molar-refractivity contribution >= 4 is 0 Å². The summed E-state index contributed by atoms with van der Waals surface area (Å²) in [5.41, 5.74) is 2.62. The van der Waals surface area contributed by atoms with Gasteiger partial charge >= 0.3 is 0 Å². The van der Waals surface area contributed by atoms with Crippen molar-refractivity contribution in [2.45, 2.75) is 18.6 Å². The Bertz CT molecular complexity index is 410. The molecular weight excluding hydrogens is 216 g/mol. The summed E-state index contributed by atoms with van der Waals surface area (Å²) in [6.07, 6.45) is 5.20. The van der Waals surface area contributed by atoms with Crippen molar-refractivity contribution in [3.63, 3.8) is 0 Å². The van der Waals surface area contributed by atoms with E-state index < -0.39 is 0 Å². The first kappa shape index (κ1) is 11.1. The second-order valence-corrected chi connectivity index (χ2v) is 4.88. The Labute approximate surface area is 102 Å². The SMILES string of the molecule is COCO[C@@H]1c2ccncc2[C@@H]2[C@H]1CCN2C. The highest BCUT2D eigenvalue weighted by Crippen LogP contribution is 2.52. The molecule has 0 aromatic carbocycles. The number of hydrogen-bond acceptors (Lipinski definition) is 4. The number of likely N-dealkylation sites (tertiary alicyclic amines) is 1. The quantitative estimate of drug-likeness (QED) is 0.746. The van der Waals surface area contributed by atoms with Crippen molar-refractivity contribution in [1.82, 2.24) is 9.88 Å². The zero-order valence-corrected chi connectivity index (χ0v) is 10.3. The fraction of sp³-hybridized carbons (Fsp3) is 0.615. The molecule has 0 amide bonds. The molecule has 1 aliphatic carbocycles. The Morgan fingerprint density at radius 1 is 1.47 bits per heavy atom. The van der Waals surface area contributed by atoms with Gasteiger partial charge in [0.1, 0.15) is 6.79 Å². The van der Waals surface area contributed by atoms with Crippen LogP contribution in [0.3, 0.4) is 0 Å². The van der Waals surface area contributed by atoms with Crippen LogP contribution in [-0.2, 0) is 9.47 Å². The lowest BCUT2D eigenvalue weighted by atomic mass is 10.00. The summed E-state index contributed by atoms with van der Waals surface area (Å²) in [7, 11) is 3.85. The molecule has 3 atom stereocenters. The summed E-state index contributed by atoms with van der Waals surface area (Å²) in [5, 5.41) is 0. The van der Waals surface area contributed by atoms with Gasteiger partial charge in [-0.15, -0.1) is 0 Å². The topological polar surface area (TPSA) is 34.6 Å². The van der Waals surface area contributed by atoms with Gasteiger partial charge in [0.15, 0.2) is 0 Å². The van der Waals surface area contributed by atoms with Gasteiger partial charge in [0.25, 0.3) is 0 Å². The molecule has 0 radical (unpaired) electrons. The molecule has 0 saturated carbocycles. The normalized spacial score (nSPS) is 31.5. The Kier molecular flexibility index (Phi) is 2.86. The molecule has 2 heterocycles. The molecule has 0 N–H and O–H groups in total. The predicted molar refractivity (Wildman–Crippen MR) is 63.4 cm³/mol. The van der Waals surface area contributed by atoms with Crippen LogP contribution in [0.1, 0.15) is 29.7 Å². The van der Waals surface area contributed by atoms with E-state index in [-0.39, 0.29) is 6.10 Å². The maximum atomic E-state index is 5.86. The second kappa shape index (κ2) is 4.37. The van der Waals surface area contributed by atoms with E-state index in [1.54, 1.807) is 7.11 Å². The minimum atomic E-state index is 0.169. The van der Waals surface area contributed by atoms with Crippen molar-refractivity contribution < 1.29 is 9.47 Å². The van der Waals surface area contributed by atoms with Gasteiger partial charge in [0.05, 0.1) is 6.10 Å². The van der Waals surface area contributed by atoms with Crippen LogP contribution in [0.15, 0.2) is 18.5 Å². The average molecular weight is 234 g/mol. The number of aromatic nitrogens is 1. The van der Waals surface area contributed by atoms with Gasteiger partial charge in [0, 0.05) is 31.5 Å². The molecule has 1 aliphatic heterocycles. The van der Waals surface area contributed by atoms with Gasteiger partial charge in [-0.3, -0.25) is 9.88 Å². The molecule has 2 aliphatic rings. The number of fused-ring (bicyclic) bond motifs is 3. The molecule has 1 fully saturated rings. The van der Waals surface area contributed by atoms with E-state index in [1.165, 1.54) is 17.5 Å². The molecule has 4 heteroatoms. The van der Waals surface area contributed by atoms with Crippen LogP contribution in [0.2, 0.25) is 0 Å². The van der Waals surface area contributed by atoms with E-state index in [2.05, 4.69) is 23.0 Å². The van der Waals surface area contributed by atoms with Crippen molar-refractivity contribution in [2.24, 2.45) is 5.92 Å². The Morgan fingerprint density at radius 3 is 3.18 bits per heavy atom. The second-order valence-electron chi connectivity index (χ2n) is 4.88. The van der Waals surface area contributed by atoms with Crippen molar-refractivity contribution in [3.8, 4) is 0 Å². The van der Waals surface area contributed by atoms with Crippen LogP contribution in [0.5, 0.6) is 0 Å². The summed E-state index contributed by atoms with van der Waals surface area (Å²) < 4.78 is 10.9. The van der Waals surface area contributed by atoms with E-state index in [0.717, 1.165) is 6.54 Å². The monoisotopic (exact) mass is 234 g/mol.